The first-order chi connectivity index (χ1) is 17.8. The highest BCUT2D eigenvalue weighted by molar-refractivity contribution is 7.80. The Labute approximate surface area is 224 Å². The van der Waals surface area contributed by atoms with E-state index in [0.717, 1.165) is 34.0 Å². The van der Waals surface area contributed by atoms with E-state index in [-0.39, 0.29) is 17.8 Å². The Kier molecular flexibility index (Phi) is 6.57. The van der Waals surface area contributed by atoms with Crippen molar-refractivity contribution in [3.05, 3.63) is 111 Å². The fourth-order valence-electron chi connectivity index (χ4n) is 4.97. The van der Waals surface area contributed by atoms with Crippen LogP contribution in [0.1, 0.15) is 34.7 Å². The minimum absolute atomic E-state index is 0.0299. The molecule has 4 aromatic rings. The molecule has 2 atom stereocenters. The summed E-state index contributed by atoms with van der Waals surface area (Å²) in [5.41, 5.74) is 5.41. The molecular formula is C27H24ClN5O3S. The van der Waals surface area contributed by atoms with Crippen LogP contribution in [-0.2, 0) is 0 Å². The molecule has 8 nitrogen and oxygen atoms in total. The molecule has 0 amide bonds. The van der Waals surface area contributed by atoms with Crippen molar-refractivity contribution in [3.63, 3.8) is 0 Å². The second kappa shape index (κ2) is 9.84. The van der Waals surface area contributed by atoms with E-state index in [0.29, 0.717) is 15.9 Å². The molecule has 37 heavy (non-hydrogen) atoms. The van der Waals surface area contributed by atoms with Gasteiger partial charge in [-0.3, -0.25) is 15.1 Å². The topological polar surface area (TPSA) is 85.5 Å². The minimum atomic E-state index is -0.431. The number of non-ortho nitro benzene ring substituents is 1. The lowest BCUT2D eigenvalue weighted by molar-refractivity contribution is -0.384. The van der Waals surface area contributed by atoms with Crippen LogP contribution in [0.3, 0.4) is 0 Å². The van der Waals surface area contributed by atoms with Gasteiger partial charge >= 0.3 is 0 Å². The zero-order chi connectivity index (χ0) is 26.3. The first-order valence-electron chi connectivity index (χ1n) is 11.6. The number of thiocarbonyl (C=S) groups is 1. The van der Waals surface area contributed by atoms with Crippen molar-refractivity contribution in [1.82, 2.24) is 14.9 Å². The van der Waals surface area contributed by atoms with Gasteiger partial charge in [0.05, 0.1) is 41.6 Å². The molecule has 0 saturated carbocycles. The first kappa shape index (κ1) is 24.7. The third-order valence-electron chi connectivity index (χ3n) is 6.61. The molecule has 0 unspecified atom stereocenters. The molecule has 1 saturated heterocycles. The average Bonchev–Trinajstić information content (AvgIpc) is 3.39. The van der Waals surface area contributed by atoms with E-state index >= 15 is 0 Å². The van der Waals surface area contributed by atoms with Gasteiger partial charge < -0.3 is 19.5 Å². The maximum atomic E-state index is 11.3. The lowest BCUT2D eigenvalue weighted by atomic mass is 9.96. The molecule has 1 fully saturated rings. The minimum Gasteiger partial charge on any atom is -0.494 e. The molecule has 2 aromatic carbocycles. The van der Waals surface area contributed by atoms with E-state index < -0.39 is 4.92 Å². The number of nitrogens with zero attached hydrogens (tertiary/aromatic N) is 4. The Morgan fingerprint density at radius 1 is 1.11 bits per heavy atom. The Balaban J connectivity index is 1.68. The Hall–Kier alpha value is -3.95. The molecule has 3 heterocycles. The lowest BCUT2D eigenvalue weighted by Gasteiger charge is -2.28. The van der Waals surface area contributed by atoms with Crippen molar-refractivity contribution in [1.29, 1.82) is 0 Å². The summed E-state index contributed by atoms with van der Waals surface area (Å²) in [5.74, 6) is 0.415. The number of hydrogen-bond donors (Lipinski definition) is 1. The van der Waals surface area contributed by atoms with Crippen LogP contribution in [0.4, 0.5) is 11.4 Å². The summed E-state index contributed by atoms with van der Waals surface area (Å²) >= 11 is 12.0. The van der Waals surface area contributed by atoms with Gasteiger partial charge in [0.2, 0.25) is 0 Å². The molecule has 10 heteroatoms. The van der Waals surface area contributed by atoms with E-state index in [9.17, 15) is 10.1 Å². The number of aromatic nitrogens is 2. The molecule has 0 bridgehead atoms. The van der Waals surface area contributed by atoms with Crippen molar-refractivity contribution >= 4 is 40.3 Å². The molecule has 0 spiro atoms. The number of rotatable bonds is 6. The number of nitro benzene ring substituents is 1. The number of nitrogens with one attached hydrogen (secondary N) is 1. The van der Waals surface area contributed by atoms with Crippen LogP contribution in [-0.4, -0.2) is 26.7 Å². The Morgan fingerprint density at radius 2 is 1.86 bits per heavy atom. The van der Waals surface area contributed by atoms with Gasteiger partial charge in [-0.2, -0.15) is 0 Å². The summed E-state index contributed by atoms with van der Waals surface area (Å²) in [6.07, 6.45) is 1.77. The number of methoxy groups -OCH3 is 1. The first-order valence-corrected chi connectivity index (χ1v) is 12.4. The second-order valence-electron chi connectivity index (χ2n) is 8.75. The Bertz CT molecular complexity index is 1490. The summed E-state index contributed by atoms with van der Waals surface area (Å²) in [6.45, 7) is 4.03. The maximum absolute atomic E-state index is 11.3. The monoisotopic (exact) mass is 533 g/mol. The van der Waals surface area contributed by atoms with E-state index in [1.165, 1.54) is 19.2 Å². The smallest absolute Gasteiger partial charge is 0.273 e. The largest absolute Gasteiger partial charge is 0.494 e. The third kappa shape index (κ3) is 4.41. The normalized spacial score (nSPS) is 17.1. The molecule has 5 rings (SSSR count). The highest BCUT2D eigenvalue weighted by Crippen LogP contribution is 2.44. The van der Waals surface area contributed by atoms with Gasteiger partial charge in [-0.15, -0.1) is 0 Å². The average molecular weight is 534 g/mol. The van der Waals surface area contributed by atoms with Crippen molar-refractivity contribution in [2.75, 3.05) is 12.0 Å². The molecule has 188 valence electrons. The van der Waals surface area contributed by atoms with Gasteiger partial charge in [-0.05, 0) is 80.2 Å². The molecule has 1 aliphatic rings. The molecule has 1 aliphatic heterocycles. The van der Waals surface area contributed by atoms with Gasteiger partial charge in [-0.25, -0.2) is 0 Å². The summed E-state index contributed by atoms with van der Waals surface area (Å²) in [6, 6.07) is 19.7. The molecule has 0 aliphatic carbocycles. The molecule has 1 N–H and O–H groups in total. The van der Waals surface area contributed by atoms with Crippen molar-refractivity contribution in [2.45, 2.75) is 25.9 Å². The third-order valence-corrected chi connectivity index (χ3v) is 7.17. The zero-order valence-corrected chi connectivity index (χ0v) is 22.0. The number of pyridine rings is 1. The van der Waals surface area contributed by atoms with Crippen LogP contribution >= 0.6 is 23.8 Å². The number of anilines is 1. The highest BCUT2D eigenvalue weighted by atomic mass is 35.5. The van der Waals surface area contributed by atoms with E-state index in [1.54, 1.807) is 12.3 Å². The standard InChI is InChI=1S/C27H24ClN5O3S/c1-16-14-21(17(2)31(16)23-12-11-20(33(34)35)15-24(23)36-3)26-25(22-6-4-5-13-29-22)30-27(37)32(26)19-9-7-18(28)8-10-19/h4-15,25-26H,1-3H3,(H,30,37)/t25-,26-/m1/s1. The predicted molar refractivity (Wildman–Crippen MR) is 148 cm³/mol. The van der Waals surface area contributed by atoms with E-state index in [2.05, 4.69) is 25.8 Å². The van der Waals surface area contributed by atoms with Crippen LogP contribution in [0.15, 0.2) is 72.9 Å². The molecule has 2 aromatic heterocycles. The summed E-state index contributed by atoms with van der Waals surface area (Å²) < 4.78 is 7.60. The van der Waals surface area contributed by atoms with Gasteiger partial charge in [0.1, 0.15) is 5.75 Å². The Morgan fingerprint density at radius 3 is 2.51 bits per heavy atom. The van der Waals surface area contributed by atoms with Crippen LogP contribution in [0.5, 0.6) is 5.75 Å². The van der Waals surface area contributed by atoms with Gasteiger partial charge in [-0.1, -0.05) is 17.7 Å². The summed E-state index contributed by atoms with van der Waals surface area (Å²) in [7, 11) is 1.51. The number of benzene rings is 2. The predicted octanol–water partition coefficient (Wildman–Crippen LogP) is 6.24. The van der Waals surface area contributed by atoms with E-state index in [1.807, 2.05) is 56.3 Å². The summed E-state index contributed by atoms with van der Waals surface area (Å²) in [5, 5.41) is 16.0. The quantitative estimate of drug-likeness (QED) is 0.178. The lowest BCUT2D eigenvalue weighted by Crippen LogP contribution is -2.29. The fourth-order valence-corrected chi connectivity index (χ4v) is 5.44. The van der Waals surface area contributed by atoms with E-state index in [4.69, 9.17) is 28.6 Å². The van der Waals surface area contributed by atoms with Gasteiger partial charge in [0.15, 0.2) is 5.11 Å². The maximum Gasteiger partial charge on any atom is 0.273 e. The fraction of sp³-hybridized carbons (Fsp3) is 0.185. The number of hydrogen-bond acceptors (Lipinski definition) is 5. The highest BCUT2D eigenvalue weighted by Gasteiger charge is 2.42. The molecule has 0 radical (unpaired) electrons. The van der Waals surface area contributed by atoms with Crippen LogP contribution in [0.2, 0.25) is 5.02 Å². The van der Waals surface area contributed by atoms with Crippen LogP contribution < -0.4 is 15.0 Å². The van der Waals surface area contributed by atoms with Gasteiger partial charge in [0.25, 0.3) is 5.69 Å². The number of nitro groups is 1. The van der Waals surface area contributed by atoms with Crippen LogP contribution in [0, 0.1) is 24.0 Å². The second-order valence-corrected chi connectivity index (χ2v) is 9.57. The number of ether oxygens (including phenoxy) is 1. The zero-order valence-electron chi connectivity index (χ0n) is 20.4. The van der Waals surface area contributed by atoms with Crippen molar-refractivity contribution in [2.24, 2.45) is 0 Å². The van der Waals surface area contributed by atoms with Crippen molar-refractivity contribution < 1.29 is 9.66 Å². The van der Waals surface area contributed by atoms with Gasteiger partial charge in [0, 0.05) is 34.4 Å². The van der Waals surface area contributed by atoms with Crippen LogP contribution in [0.25, 0.3) is 5.69 Å². The number of aryl methyl sites for hydroxylation is 1. The van der Waals surface area contributed by atoms with Crippen molar-refractivity contribution in [3.8, 4) is 11.4 Å². The SMILES string of the molecule is COc1cc([N+](=O)[O-])ccc1-n1c(C)cc([C@@H]2[C@@H](c3ccccn3)NC(=S)N2c2ccc(Cl)cc2)c1C. The number of halogens is 1. The molecular weight excluding hydrogens is 510 g/mol. The summed E-state index contributed by atoms with van der Waals surface area (Å²) in [4.78, 5) is 17.6.